The van der Waals surface area contributed by atoms with Crippen LogP contribution in [-0.4, -0.2) is 31.2 Å². The zero-order valence-electron chi connectivity index (χ0n) is 18.8. The number of hydrogen-bond acceptors (Lipinski definition) is 4. The molecule has 3 aromatic rings. The van der Waals surface area contributed by atoms with Crippen molar-refractivity contribution >= 4 is 22.7 Å². The van der Waals surface area contributed by atoms with Crippen LogP contribution >= 0.6 is 0 Å². The SMILES string of the molecule is CC/C(=C(\C(=O)Nc1ccc(OCCNC)cc1)c1ccc(O)cc1)c1ccccc1C. The number of hydrogen-bond donors (Lipinski definition) is 3. The van der Waals surface area contributed by atoms with E-state index in [-0.39, 0.29) is 11.7 Å². The van der Waals surface area contributed by atoms with Crippen molar-refractivity contribution < 1.29 is 14.6 Å². The molecule has 0 heterocycles. The third kappa shape index (κ3) is 5.77. The molecule has 3 rings (SSSR count). The fraction of sp³-hybridized carbons (Fsp3) is 0.222. The van der Waals surface area contributed by atoms with Gasteiger partial charge in [-0.15, -0.1) is 0 Å². The number of benzene rings is 3. The van der Waals surface area contributed by atoms with E-state index in [1.807, 2.05) is 69.4 Å². The van der Waals surface area contributed by atoms with Crippen LogP contribution in [0, 0.1) is 6.92 Å². The van der Waals surface area contributed by atoms with Gasteiger partial charge in [-0.1, -0.05) is 43.3 Å². The molecular formula is C27H30N2O3. The molecule has 0 unspecified atom stereocenters. The highest BCUT2D eigenvalue weighted by Crippen LogP contribution is 2.32. The summed E-state index contributed by atoms with van der Waals surface area (Å²) in [4.78, 5) is 13.5. The first-order chi connectivity index (χ1) is 15.5. The van der Waals surface area contributed by atoms with Crippen molar-refractivity contribution in [2.45, 2.75) is 20.3 Å². The Morgan fingerprint density at radius 2 is 1.66 bits per heavy atom. The molecule has 0 saturated carbocycles. The van der Waals surface area contributed by atoms with Crippen molar-refractivity contribution in [2.75, 3.05) is 25.5 Å². The van der Waals surface area contributed by atoms with Gasteiger partial charge in [-0.05, 0) is 79.1 Å². The van der Waals surface area contributed by atoms with E-state index >= 15 is 0 Å². The van der Waals surface area contributed by atoms with Crippen LogP contribution in [0.2, 0.25) is 0 Å². The predicted molar refractivity (Wildman–Crippen MR) is 131 cm³/mol. The summed E-state index contributed by atoms with van der Waals surface area (Å²) in [5, 5.41) is 15.8. The standard InChI is InChI=1S/C27H30N2O3/c1-4-24(25-8-6-5-7-19(25)2)26(20-9-13-22(30)14-10-20)27(31)29-21-11-15-23(16-12-21)32-18-17-28-3/h5-16,28,30H,4,17-18H2,1-3H3,(H,29,31)/b26-24+. The quantitative estimate of drug-likeness (QED) is 0.246. The molecule has 0 aliphatic carbocycles. The lowest BCUT2D eigenvalue weighted by molar-refractivity contribution is -0.111. The topological polar surface area (TPSA) is 70.6 Å². The number of aromatic hydroxyl groups is 1. The Labute approximate surface area is 189 Å². The van der Waals surface area contributed by atoms with E-state index in [2.05, 4.69) is 10.6 Å². The molecule has 0 aliphatic heterocycles. The molecule has 0 radical (unpaired) electrons. The van der Waals surface area contributed by atoms with Crippen LogP contribution in [0.5, 0.6) is 11.5 Å². The lowest BCUT2D eigenvalue weighted by atomic mass is 9.90. The van der Waals surface area contributed by atoms with Gasteiger partial charge in [-0.2, -0.15) is 0 Å². The number of carbonyl (C=O) groups is 1. The lowest BCUT2D eigenvalue weighted by Crippen LogP contribution is -2.16. The van der Waals surface area contributed by atoms with Crippen molar-refractivity contribution in [3.05, 3.63) is 89.5 Å². The number of rotatable bonds is 9. The summed E-state index contributed by atoms with van der Waals surface area (Å²) < 4.78 is 5.65. The van der Waals surface area contributed by atoms with Gasteiger partial charge in [0.25, 0.3) is 5.91 Å². The summed E-state index contributed by atoms with van der Waals surface area (Å²) in [5.74, 6) is 0.720. The van der Waals surface area contributed by atoms with Crippen molar-refractivity contribution in [1.82, 2.24) is 5.32 Å². The number of phenolic OH excluding ortho intramolecular Hbond substituents is 1. The Morgan fingerprint density at radius 3 is 2.28 bits per heavy atom. The van der Waals surface area contributed by atoms with Gasteiger partial charge >= 0.3 is 0 Å². The number of carbonyl (C=O) groups excluding carboxylic acids is 1. The maximum Gasteiger partial charge on any atom is 0.256 e. The minimum atomic E-state index is -0.195. The van der Waals surface area contributed by atoms with Crippen LogP contribution in [0.15, 0.2) is 72.8 Å². The molecule has 0 aromatic heterocycles. The summed E-state index contributed by atoms with van der Waals surface area (Å²) >= 11 is 0. The van der Waals surface area contributed by atoms with Crippen LogP contribution in [0.25, 0.3) is 11.1 Å². The highest BCUT2D eigenvalue weighted by Gasteiger charge is 2.19. The molecule has 3 aromatic carbocycles. The molecule has 0 fully saturated rings. The number of likely N-dealkylation sites (N-methyl/N-ethyl adjacent to an activating group) is 1. The zero-order valence-corrected chi connectivity index (χ0v) is 18.8. The second kappa shape index (κ2) is 11.2. The normalized spacial score (nSPS) is 11.6. The number of nitrogens with one attached hydrogen (secondary N) is 2. The van der Waals surface area contributed by atoms with Gasteiger partial charge < -0.3 is 20.5 Å². The maximum atomic E-state index is 13.5. The average molecular weight is 431 g/mol. The highest BCUT2D eigenvalue weighted by atomic mass is 16.5. The summed E-state index contributed by atoms with van der Waals surface area (Å²) in [6, 6.07) is 22.2. The van der Waals surface area contributed by atoms with Gasteiger partial charge in [-0.25, -0.2) is 0 Å². The summed E-state index contributed by atoms with van der Waals surface area (Å²) in [7, 11) is 1.88. The van der Waals surface area contributed by atoms with Gasteiger partial charge in [0.1, 0.15) is 18.1 Å². The molecule has 0 atom stereocenters. The highest BCUT2D eigenvalue weighted by molar-refractivity contribution is 6.31. The number of ether oxygens (including phenoxy) is 1. The molecule has 0 bridgehead atoms. The number of anilines is 1. The van der Waals surface area contributed by atoms with Gasteiger partial charge in [0.15, 0.2) is 0 Å². The number of phenols is 1. The fourth-order valence-electron chi connectivity index (χ4n) is 3.58. The molecule has 5 nitrogen and oxygen atoms in total. The van der Waals surface area contributed by atoms with E-state index in [1.165, 1.54) is 0 Å². The second-order valence-corrected chi connectivity index (χ2v) is 7.50. The largest absolute Gasteiger partial charge is 0.508 e. The molecule has 5 heteroatoms. The van der Waals surface area contributed by atoms with Crippen molar-refractivity contribution in [2.24, 2.45) is 0 Å². The summed E-state index contributed by atoms with van der Waals surface area (Å²) in [6.45, 7) is 5.43. The Hall–Kier alpha value is -3.57. The monoisotopic (exact) mass is 430 g/mol. The smallest absolute Gasteiger partial charge is 0.256 e. The van der Waals surface area contributed by atoms with Crippen LogP contribution in [0.3, 0.4) is 0 Å². The van der Waals surface area contributed by atoms with E-state index in [4.69, 9.17) is 4.74 Å². The second-order valence-electron chi connectivity index (χ2n) is 7.50. The predicted octanol–water partition coefficient (Wildman–Crippen LogP) is 5.26. The average Bonchev–Trinajstić information content (AvgIpc) is 2.80. The minimum absolute atomic E-state index is 0.163. The molecular weight excluding hydrogens is 400 g/mol. The fourth-order valence-corrected chi connectivity index (χ4v) is 3.58. The summed E-state index contributed by atoms with van der Waals surface area (Å²) in [5.41, 5.74) is 5.15. The van der Waals surface area contributed by atoms with Gasteiger partial charge in [0, 0.05) is 12.2 Å². The maximum absolute atomic E-state index is 13.5. The third-order valence-corrected chi connectivity index (χ3v) is 5.24. The Morgan fingerprint density at radius 1 is 0.969 bits per heavy atom. The molecule has 1 amide bonds. The number of allylic oxidation sites excluding steroid dienone is 1. The zero-order chi connectivity index (χ0) is 22.9. The van der Waals surface area contributed by atoms with Crippen molar-refractivity contribution in [3.63, 3.8) is 0 Å². The molecule has 0 spiro atoms. The Balaban J connectivity index is 1.96. The molecule has 166 valence electrons. The van der Waals surface area contributed by atoms with Crippen LogP contribution in [0.1, 0.15) is 30.0 Å². The van der Waals surface area contributed by atoms with E-state index in [0.29, 0.717) is 24.3 Å². The third-order valence-electron chi connectivity index (χ3n) is 5.24. The Bertz CT molecular complexity index is 1070. The van der Waals surface area contributed by atoms with Gasteiger partial charge in [0.2, 0.25) is 0 Å². The van der Waals surface area contributed by atoms with Crippen LogP contribution in [-0.2, 0) is 4.79 Å². The van der Waals surface area contributed by atoms with E-state index in [0.717, 1.165) is 34.6 Å². The van der Waals surface area contributed by atoms with E-state index in [9.17, 15) is 9.90 Å². The number of aryl methyl sites for hydroxylation is 1. The van der Waals surface area contributed by atoms with Crippen molar-refractivity contribution in [1.29, 1.82) is 0 Å². The molecule has 3 N–H and O–H groups in total. The number of amides is 1. The summed E-state index contributed by atoms with van der Waals surface area (Å²) in [6.07, 6.45) is 0.687. The first-order valence-corrected chi connectivity index (χ1v) is 10.8. The first-order valence-electron chi connectivity index (χ1n) is 10.8. The minimum Gasteiger partial charge on any atom is -0.508 e. The van der Waals surface area contributed by atoms with Gasteiger partial charge in [-0.3, -0.25) is 4.79 Å². The molecule has 0 saturated heterocycles. The lowest BCUT2D eigenvalue weighted by Gasteiger charge is -2.17. The molecule has 0 aliphatic rings. The van der Waals surface area contributed by atoms with Crippen molar-refractivity contribution in [3.8, 4) is 11.5 Å². The van der Waals surface area contributed by atoms with Crippen LogP contribution < -0.4 is 15.4 Å². The molecule has 32 heavy (non-hydrogen) atoms. The van der Waals surface area contributed by atoms with Gasteiger partial charge in [0.05, 0.1) is 5.57 Å². The van der Waals surface area contributed by atoms with E-state index < -0.39 is 0 Å². The van der Waals surface area contributed by atoms with Crippen LogP contribution in [0.4, 0.5) is 5.69 Å². The Kier molecular flexibility index (Phi) is 8.06. The van der Waals surface area contributed by atoms with E-state index in [1.54, 1.807) is 24.3 Å². The first kappa shape index (κ1) is 23.1.